The third kappa shape index (κ3) is 5.69. The van der Waals surface area contributed by atoms with Crippen molar-refractivity contribution in [3.05, 3.63) is 71.8 Å². The Labute approximate surface area is 142 Å². The van der Waals surface area contributed by atoms with Crippen molar-refractivity contribution in [2.24, 2.45) is 0 Å². The van der Waals surface area contributed by atoms with Gasteiger partial charge >= 0.3 is 6.09 Å². The molecule has 0 saturated heterocycles. The van der Waals surface area contributed by atoms with Crippen molar-refractivity contribution in [3.63, 3.8) is 0 Å². The first kappa shape index (κ1) is 18.0. The minimum absolute atomic E-state index is 0.218. The van der Waals surface area contributed by atoms with Crippen molar-refractivity contribution in [1.29, 1.82) is 0 Å². The van der Waals surface area contributed by atoms with Gasteiger partial charge in [0.25, 0.3) is 0 Å². The van der Waals surface area contributed by atoms with E-state index in [-0.39, 0.29) is 6.42 Å². The van der Waals surface area contributed by atoms with Gasteiger partial charge in [-0.2, -0.15) is 0 Å². The second-order valence-electron chi connectivity index (χ2n) is 6.74. The van der Waals surface area contributed by atoms with Gasteiger partial charge in [0.1, 0.15) is 11.8 Å². The predicted octanol–water partition coefficient (Wildman–Crippen LogP) is 4.83. The number of halogens is 1. The minimum Gasteiger partial charge on any atom is -0.444 e. The molecule has 2 aromatic rings. The van der Waals surface area contributed by atoms with Gasteiger partial charge in [-0.25, -0.2) is 9.18 Å². The van der Waals surface area contributed by atoms with Crippen LogP contribution in [0.5, 0.6) is 0 Å². The van der Waals surface area contributed by atoms with Crippen LogP contribution in [0.15, 0.2) is 60.7 Å². The SMILES string of the molecule is CC(C)(C)OC(=O)NC(c1ccccc1)C(F)Cc1ccccc1. The average Bonchev–Trinajstić information content (AvgIpc) is 2.52. The molecule has 2 atom stereocenters. The van der Waals surface area contributed by atoms with E-state index in [2.05, 4.69) is 5.32 Å². The zero-order chi connectivity index (χ0) is 17.6. The number of hydrogen-bond donors (Lipinski definition) is 1. The lowest BCUT2D eigenvalue weighted by Gasteiger charge is -2.26. The summed E-state index contributed by atoms with van der Waals surface area (Å²) >= 11 is 0. The smallest absolute Gasteiger partial charge is 0.408 e. The summed E-state index contributed by atoms with van der Waals surface area (Å²) in [5.41, 5.74) is 0.972. The van der Waals surface area contributed by atoms with Crippen molar-refractivity contribution >= 4 is 6.09 Å². The summed E-state index contributed by atoms with van der Waals surface area (Å²) in [5, 5.41) is 2.67. The van der Waals surface area contributed by atoms with Gasteiger partial charge in [-0.15, -0.1) is 0 Å². The van der Waals surface area contributed by atoms with E-state index in [4.69, 9.17) is 4.74 Å². The van der Waals surface area contributed by atoms with E-state index in [0.717, 1.165) is 5.56 Å². The highest BCUT2D eigenvalue weighted by Gasteiger charge is 2.27. The molecule has 128 valence electrons. The quantitative estimate of drug-likeness (QED) is 0.853. The molecule has 1 N–H and O–H groups in total. The number of nitrogens with one attached hydrogen (secondary N) is 1. The largest absolute Gasteiger partial charge is 0.444 e. The Morgan fingerprint density at radius 1 is 1.04 bits per heavy atom. The molecule has 3 nitrogen and oxygen atoms in total. The number of alkyl halides is 1. The molecule has 0 fully saturated rings. The molecule has 1 amide bonds. The van der Waals surface area contributed by atoms with E-state index < -0.39 is 23.9 Å². The molecule has 2 unspecified atom stereocenters. The molecule has 0 heterocycles. The van der Waals surface area contributed by atoms with Crippen LogP contribution in [0.25, 0.3) is 0 Å². The maximum Gasteiger partial charge on any atom is 0.408 e. The predicted molar refractivity (Wildman–Crippen MR) is 93.6 cm³/mol. The summed E-state index contributed by atoms with van der Waals surface area (Å²) in [5.74, 6) is 0. The minimum atomic E-state index is -1.26. The summed E-state index contributed by atoms with van der Waals surface area (Å²) in [6.45, 7) is 5.34. The molecular weight excluding hydrogens is 305 g/mol. The van der Waals surface area contributed by atoms with Crippen molar-refractivity contribution in [2.45, 2.75) is 45.0 Å². The highest BCUT2D eigenvalue weighted by molar-refractivity contribution is 5.68. The molecular formula is C20H24FNO2. The summed E-state index contributed by atoms with van der Waals surface area (Å²) < 4.78 is 20.2. The van der Waals surface area contributed by atoms with Gasteiger partial charge in [0.15, 0.2) is 0 Å². The number of rotatable bonds is 5. The number of carbonyl (C=O) groups is 1. The molecule has 0 radical (unpaired) electrons. The van der Waals surface area contributed by atoms with Gasteiger partial charge in [0.2, 0.25) is 0 Å². The first-order valence-electron chi connectivity index (χ1n) is 8.07. The molecule has 0 aliphatic carbocycles. The highest BCUT2D eigenvalue weighted by atomic mass is 19.1. The fourth-order valence-corrected chi connectivity index (χ4v) is 2.43. The Hall–Kier alpha value is -2.36. The normalized spacial score (nSPS) is 13.8. The molecule has 0 aromatic heterocycles. The summed E-state index contributed by atoms with van der Waals surface area (Å²) in [6, 6.07) is 17.8. The van der Waals surface area contributed by atoms with Crippen LogP contribution >= 0.6 is 0 Å². The average molecular weight is 329 g/mol. The Balaban J connectivity index is 2.15. The van der Waals surface area contributed by atoms with Gasteiger partial charge in [0.05, 0.1) is 6.04 Å². The fourth-order valence-electron chi connectivity index (χ4n) is 2.43. The Bertz CT molecular complexity index is 638. The van der Waals surface area contributed by atoms with E-state index in [1.807, 2.05) is 48.5 Å². The summed E-state index contributed by atoms with van der Waals surface area (Å²) in [4.78, 5) is 12.1. The summed E-state index contributed by atoms with van der Waals surface area (Å²) in [7, 11) is 0. The number of carbonyl (C=O) groups excluding carboxylic acids is 1. The van der Waals surface area contributed by atoms with Gasteiger partial charge in [-0.3, -0.25) is 0 Å². The van der Waals surface area contributed by atoms with Crippen molar-refractivity contribution in [1.82, 2.24) is 5.32 Å². The molecule has 0 aliphatic heterocycles. The first-order valence-corrected chi connectivity index (χ1v) is 8.07. The van der Waals surface area contributed by atoms with E-state index in [1.54, 1.807) is 32.9 Å². The molecule has 4 heteroatoms. The molecule has 0 bridgehead atoms. The molecule has 0 aliphatic rings. The standard InChI is InChI=1S/C20H24FNO2/c1-20(2,3)24-19(23)22-18(16-12-8-5-9-13-16)17(21)14-15-10-6-4-7-11-15/h4-13,17-18H,14H2,1-3H3,(H,22,23). The lowest BCUT2D eigenvalue weighted by molar-refractivity contribution is 0.0472. The zero-order valence-corrected chi connectivity index (χ0v) is 14.3. The van der Waals surface area contributed by atoms with E-state index in [9.17, 15) is 9.18 Å². The van der Waals surface area contributed by atoms with Crippen molar-refractivity contribution in [3.8, 4) is 0 Å². The van der Waals surface area contributed by atoms with Gasteiger partial charge < -0.3 is 10.1 Å². The van der Waals surface area contributed by atoms with Crippen LogP contribution in [0.3, 0.4) is 0 Å². The second kappa shape index (κ2) is 7.95. The van der Waals surface area contributed by atoms with Gasteiger partial charge in [-0.05, 0) is 31.9 Å². The molecule has 2 aromatic carbocycles. The lowest BCUT2D eigenvalue weighted by atomic mass is 9.97. The van der Waals surface area contributed by atoms with Crippen LogP contribution in [0.4, 0.5) is 9.18 Å². The molecule has 0 saturated carbocycles. The number of alkyl carbamates (subject to hydrolysis) is 1. The molecule has 24 heavy (non-hydrogen) atoms. The third-order valence-corrected chi connectivity index (χ3v) is 3.47. The lowest BCUT2D eigenvalue weighted by Crippen LogP contribution is -2.39. The molecule has 0 spiro atoms. The van der Waals surface area contributed by atoms with E-state index in [1.165, 1.54) is 0 Å². The van der Waals surface area contributed by atoms with Crippen molar-refractivity contribution in [2.75, 3.05) is 0 Å². The summed E-state index contributed by atoms with van der Waals surface area (Å²) in [6.07, 6.45) is -1.66. The van der Waals surface area contributed by atoms with Crippen LogP contribution in [0.1, 0.15) is 37.9 Å². The highest BCUT2D eigenvalue weighted by Crippen LogP contribution is 2.23. The Morgan fingerprint density at radius 3 is 2.12 bits per heavy atom. The number of ether oxygens (including phenoxy) is 1. The van der Waals surface area contributed by atoms with Gasteiger partial charge in [0, 0.05) is 6.42 Å². The number of hydrogen-bond acceptors (Lipinski definition) is 2. The Morgan fingerprint density at radius 2 is 1.58 bits per heavy atom. The number of amides is 1. The zero-order valence-electron chi connectivity index (χ0n) is 14.3. The van der Waals surface area contributed by atoms with Gasteiger partial charge in [-0.1, -0.05) is 60.7 Å². The van der Waals surface area contributed by atoms with E-state index >= 15 is 0 Å². The molecule has 2 rings (SSSR count). The maximum atomic E-state index is 15.0. The third-order valence-electron chi connectivity index (χ3n) is 3.47. The van der Waals surface area contributed by atoms with Crippen LogP contribution in [-0.4, -0.2) is 17.9 Å². The van der Waals surface area contributed by atoms with Crippen LogP contribution in [0.2, 0.25) is 0 Å². The topological polar surface area (TPSA) is 38.3 Å². The fraction of sp³-hybridized carbons (Fsp3) is 0.350. The second-order valence-corrected chi connectivity index (χ2v) is 6.74. The number of benzene rings is 2. The van der Waals surface area contributed by atoms with Crippen LogP contribution in [-0.2, 0) is 11.2 Å². The monoisotopic (exact) mass is 329 g/mol. The van der Waals surface area contributed by atoms with Crippen LogP contribution < -0.4 is 5.32 Å². The van der Waals surface area contributed by atoms with E-state index in [0.29, 0.717) is 5.56 Å². The maximum absolute atomic E-state index is 15.0. The first-order chi connectivity index (χ1) is 11.3. The Kier molecular flexibility index (Phi) is 5.96. The van der Waals surface area contributed by atoms with Crippen molar-refractivity contribution < 1.29 is 13.9 Å². The van der Waals surface area contributed by atoms with Crippen LogP contribution in [0, 0.1) is 0 Å².